The van der Waals surface area contributed by atoms with E-state index in [-0.39, 0.29) is 0 Å². The summed E-state index contributed by atoms with van der Waals surface area (Å²) < 4.78 is 0. The molecule has 3 aromatic carbocycles. The molecule has 0 saturated carbocycles. The molecule has 0 aliphatic rings. The predicted molar refractivity (Wildman–Crippen MR) is 156 cm³/mol. The van der Waals surface area contributed by atoms with Gasteiger partial charge in [0.2, 0.25) is 0 Å². The first-order chi connectivity index (χ1) is 19.0. The summed E-state index contributed by atoms with van der Waals surface area (Å²) in [6.07, 6.45) is 3.52. The molecule has 216 valence electrons. The topological polar surface area (TPSA) is 152 Å². The van der Waals surface area contributed by atoms with Gasteiger partial charge in [0.25, 0.3) is 0 Å². The Hall–Kier alpha value is -4.27. The second-order valence-corrected chi connectivity index (χ2v) is 8.81. The van der Waals surface area contributed by atoms with Crippen LogP contribution in [0.5, 0.6) is 0 Å². The number of aliphatic hydroxyl groups is 2. The molecule has 2 atom stereocenters. The number of hydrogen-bond acceptors (Lipinski definition) is 5. The zero-order chi connectivity index (χ0) is 30.3. The predicted octanol–water partition coefficient (Wildman–Crippen LogP) is 6.41. The number of aliphatic hydroxyl groups excluding tert-OH is 2. The average Bonchev–Trinajstić information content (AvgIpc) is 2.94. The molecule has 0 aliphatic carbocycles. The third-order valence-electron chi connectivity index (χ3n) is 5.08. The Morgan fingerprint density at radius 1 is 0.675 bits per heavy atom. The molecule has 0 heterocycles. The van der Waals surface area contributed by atoms with Crippen molar-refractivity contribution in [1.29, 1.82) is 0 Å². The van der Waals surface area contributed by atoms with Gasteiger partial charge in [0.05, 0.1) is 28.9 Å². The first-order valence-electron chi connectivity index (χ1n) is 12.9. The van der Waals surface area contributed by atoms with Crippen LogP contribution in [-0.2, 0) is 0 Å². The van der Waals surface area contributed by atoms with E-state index in [9.17, 15) is 19.5 Å². The fourth-order valence-electron chi connectivity index (χ4n) is 3.08. The Labute approximate surface area is 235 Å². The van der Waals surface area contributed by atoms with E-state index < -0.39 is 30.1 Å². The third kappa shape index (κ3) is 18.9. The maximum atomic E-state index is 10.2. The van der Waals surface area contributed by atoms with Gasteiger partial charge in [0, 0.05) is 0 Å². The lowest BCUT2D eigenvalue weighted by Crippen LogP contribution is -2.15. The molecule has 0 bridgehead atoms. The summed E-state index contributed by atoms with van der Waals surface area (Å²) in [4.78, 5) is 30.6. The highest BCUT2D eigenvalue weighted by atomic mass is 16.4. The van der Waals surface area contributed by atoms with Crippen molar-refractivity contribution in [2.45, 2.75) is 58.2 Å². The number of rotatable bonds is 10. The molecule has 0 radical (unpaired) electrons. The van der Waals surface area contributed by atoms with E-state index >= 15 is 0 Å². The number of unbranched alkanes of at least 4 members (excludes halogenated alkanes) is 1. The van der Waals surface area contributed by atoms with Crippen molar-refractivity contribution >= 4 is 17.9 Å². The second kappa shape index (κ2) is 21.6. The molecule has 40 heavy (non-hydrogen) atoms. The maximum Gasteiger partial charge on any atom is 0.335 e. The van der Waals surface area contributed by atoms with Crippen molar-refractivity contribution < 1.29 is 39.9 Å². The van der Waals surface area contributed by atoms with Gasteiger partial charge in [0.1, 0.15) is 0 Å². The highest BCUT2D eigenvalue weighted by Gasteiger charge is 2.09. The summed E-state index contributed by atoms with van der Waals surface area (Å²) >= 11 is 0. The van der Waals surface area contributed by atoms with Crippen molar-refractivity contribution in [3.8, 4) is 0 Å². The number of carboxylic acids is 3. The van der Waals surface area contributed by atoms with Crippen LogP contribution in [0.15, 0.2) is 103 Å². The highest BCUT2D eigenvalue weighted by molar-refractivity contribution is 5.88. The standard InChI is InChI=1S/C11H22O2.3C7H6O2/c1-4-5-6-9(2)7-11(13)8-10(3)12;3*8-7(9)6-4-2-1-3-5-6/h10-13H,2,4-8H2,1,3H3;3*1-5H,(H,8,9). The molecule has 8 nitrogen and oxygen atoms in total. The summed E-state index contributed by atoms with van der Waals surface area (Å²) in [5.41, 5.74) is 2.09. The average molecular weight is 553 g/mol. The van der Waals surface area contributed by atoms with Gasteiger partial charge in [0.15, 0.2) is 0 Å². The lowest BCUT2D eigenvalue weighted by molar-refractivity contribution is 0.0686. The van der Waals surface area contributed by atoms with Gasteiger partial charge in [-0.25, -0.2) is 14.4 Å². The monoisotopic (exact) mass is 552 g/mol. The number of carboxylic acid groups (broad SMARTS) is 3. The lowest BCUT2D eigenvalue weighted by atomic mass is 10.0. The largest absolute Gasteiger partial charge is 0.478 e. The van der Waals surface area contributed by atoms with E-state index in [4.69, 9.17) is 20.4 Å². The quantitative estimate of drug-likeness (QED) is 0.181. The fraction of sp³-hybridized carbons (Fsp3) is 0.281. The Bertz CT molecular complexity index is 996. The van der Waals surface area contributed by atoms with Gasteiger partial charge in [-0.05, 0) is 69.0 Å². The van der Waals surface area contributed by atoms with Crippen molar-refractivity contribution in [1.82, 2.24) is 0 Å². The number of carbonyl (C=O) groups is 3. The molecular weight excluding hydrogens is 512 g/mol. The number of aromatic carboxylic acids is 3. The molecule has 0 amide bonds. The van der Waals surface area contributed by atoms with Gasteiger partial charge in [-0.3, -0.25) is 0 Å². The van der Waals surface area contributed by atoms with Gasteiger partial charge in [-0.2, -0.15) is 0 Å². The molecule has 5 N–H and O–H groups in total. The van der Waals surface area contributed by atoms with Crippen LogP contribution < -0.4 is 0 Å². The third-order valence-corrected chi connectivity index (χ3v) is 5.08. The lowest BCUT2D eigenvalue weighted by Gasteiger charge is -2.13. The van der Waals surface area contributed by atoms with E-state index in [0.717, 1.165) is 24.8 Å². The minimum absolute atomic E-state index is 0.331. The van der Waals surface area contributed by atoms with E-state index in [2.05, 4.69) is 13.5 Å². The van der Waals surface area contributed by atoms with E-state index in [1.165, 1.54) is 0 Å². The Morgan fingerprint density at radius 3 is 1.23 bits per heavy atom. The molecule has 0 aliphatic heterocycles. The van der Waals surface area contributed by atoms with Crippen molar-refractivity contribution in [3.05, 3.63) is 120 Å². The van der Waals surface area contributed by atoms with Crippen LogP contribution in [-0.4, -0.2) is 55.6 Å². The summed E-state index contributed by atoms with van der Waals surface area (Å²) in [6.45, 7) is 7.73. The van der Waals surface area contributed by atoms with Crippen LogP contribution in [0.3, 0.4) is 0 Å². The molecule has 0 aromatic heterocycles. The second-order valence-electron chi connectivity index (χ2n) is 8.81. The zero-order valence-electron chi connectivity index (χ0n) is 23.0. The summed E-state index contributed by atoms with van der Waals surface area (Å²) in [5.74, 6) is -2.64. The highest BCUT2D eigenvalue weighted by Crippen LogP contribution is 2.14. The molecule has 0 spiro atoms. The van der Waals surface area contributed by atoms with Crippen LogP contribution in [0, 0.1) is 0 Å². The van der Waals surface area contributed by atoms with Crippen molar-refractivity contribution in [3.63, 3.8) is 0 Å². The van der Waals surface area contributed by atoms with E-state index in [1.807, 2.05) is 0 Å². The Morgan fingerprint density at radius 2 is 1.00 bits per heavy atom. The molecule has 2 unspecified atom stereocenters. The smallest absolute Gasteiger partial charge is 0.335 e. The summed E-state index contributed by atoms with van der Waals surface area (Å²) in [6, 6.07) is 24.9. The van der Waals surface area contributed by atoms with Crippen LogP contribution in [0.2, 0.25) is 0 Å². The summed E-state index contributed by atoms with van der Waals surface area (Å²) in [7, 11) is 0. The van der Waals surface area contributed by atoms with Gasteiger partial charge in [-0.1, -0.05) is 80.1 Å². The van der Waals surface area contributed by atoms with Crippen LogP contribution in [0.4, 0.5) is 0 Å². The Kier molecular flexibility index (Phi) is 19.3. The van der Waals surface area contributed by atoms with Gasteiger partial charge >= 0.3 is 17.9 Å². The van der Waals surface area contributed by atoms with E-state index in [1.54, 1.807) is 97.9 Å². The molecule has 0 fully saturated rings. The molecule has 8 heteroatoms. The van der Waals surface area contributed by atoms with Crippen LogP contribution >= 0.6 is 0 Å². The van der Waals surface area contributed by atoms with Crippen molar-refractivity contribution in [2.24, 2.45) is 0 Å². The van der Waals surface area contributed by atoms with Gasteiger partial charge < -0.3 is 25.5 Å². The fourth-order valence-corrected chi connectivity index (χ4v) is 3.08. The summed E-state index contributed by atoms with van der Waals surface area (Å²) in [5, 5.41) is 43.6. The molecule has 3 aromatic rings. The number of hydrogen-bond donors (Lipinski definition) is 5. The minimum Gasteiger partial charge on any atom is -0.478 e. The van der Waals surface area contributed by atoms with Crippen LogP contribution in [0.25, 0.3) is 0 Å². The molecule has 0 saturated heterocycles. The van der Waals surface area contributed by atoms with Gasteiger partial charge in [-0.15, -0.1) is 0 Å². The number of benzene rings is 3. The first-order valence-corrected chi connectivity index (χ1v) is 12.9. The maximum absolute atomic E-state index is 10.2. The zero-order valence-corrected chi connectivity index (χ0v) is 23.0. The SMILES string of the molecule is C=C(CCCC)CC(O)CC(C)O.O=C(O)c1ccccc1.O=C(O)c1ccccc1.O=C(O)c1ccccc1. The minimum atomic E-state index is -0.879. The Balaban J connectivity index is 0.000000513. The van der Waals surface area contributed by atoms with Crippen LogP contribution in [0.1, 0.15) is 77.0 Å². The van der Waals surface area contributed by atoms with Crippen molar-refractivity contribution in [2.75, 3.05) is 0 Å². The van der Waals surface area contributed by atoms with E-state index in [0.29, 0.717) is 29.5 Å². The first kappa shape index (κ1) is 35.7. The normalized spacial score (nSPS) is 11.0. The molecular formula is C32H40O8. The molecule has 3 rings (SSSR count).